The largest absolute Gasteiger partial charge is 0.295 e. The highest BCUT2D eigenvalue weighted by Gasteiger charge is 2.29. The SMILES string of the molecule is C[C@@H]1CC(=O)C=C2CCCC[C@H]21. The van der Waals surface area contributed by atoms with Crippen LogP contribution in [0.5, 0.6) is 0 Å². The third-order valence-electron chi connectivity index (χ3n) is 3.26. The molecule has 1 saturated carbocycles. The van der Waals surface area contributed by atoms with Gasteiger partial charge in [0.25, 0.3) is 0 Å². The Balaban J connectivity index is 2.22. The van der Waals surface area contributed by atoms with Crippen molar-refractivity contribution in [3.8, 4) is 0 Å². The molecule has 0 radical (unpaired) electrons. The fourth-order valence-electron chi connectivity index (χ4n) is 2.62. The molecule has 0 aliphatic heterocycles. The zero-order valence-corrected chi connectivity index (χ0v) is 7.68. The summed E-state index contributed by atoms with van der Waals surface area (Å²) in [6.07, 6.45) is 7.86. The number of ketones is 1. The van der Waals surface area contributed by atoms with E-state index >= 15 is 0 Å². The lowest BCUT2D eigenvalue weighted by Gasteiger charge is -2.33. The summed E-state index contributed by atoms with van der Waals surface area (Å²) in [7, 11) is 0. The molecule has 1 heteroatoms. The van der Waals surface area contributed by atoms with Crippen LogP contribution in [0.4, 0.5) is 0 Å². The van der Waals surface area contributed by atoms with Crippen LogP contribution in [0, 0.1) is 11.8 Å². The summed E-state index contributed by atoms with van der Waals surface area (Å²) in [6, 6.07) is 0. The van der Waals surface area contributed by atoms with Gasteiger partial charge in [-0.3, -0.25) is 4.79 Å². The first-order valence-electron chi connectivity index (χ1n) is 5.00. The topological polar surface area (TPSA) is 17.1 Å². The Bertz CT molecular complexity index is 227. The van der Waals surface area contributed by atoms with Gasteiger partial charge in [-0.15, -0.1) is 0 Å². The van der Waals surface area contributed by atoms with Crippen molar-refractivity contribution in [1.82, 2.24) is 0 Å². The maximum absolute atomic E-state index is 11.3. The van der Waals surface area contributed by atoms with E-state index in [0.717, 1.165) is 12.3 Å². The van der Waals surface area contributed by atoms with Crippen LogP contribution < -0.4 is 0 Å². The Labute approximate surface area is 73.8 Å². The van der Waals surface area contributed by atoms with Crippen LogP contribution >= 0.6 is 0 Å². The molecule has 0 unspecified atom stereocenters. The molecule has 66 valence electrons. The number of rotatable bonds is 0. The van der Waals surface area contributed by atoms with Gasteiger partial charge in [0, 0.05) is 6.42 Å². The first-order valence-corrected chi connectivity index (χ1v) is 5.00. The van der Waals surface area contributed by atoms with Gasteiger partial charge in [0.2, 0.25) is 0 Å². The number of fused-ring (bicyclic) bond motifs is 1. The predicted molar refractivity (Wildman–Crippen MR) is 48.8 cm³/mol. The maximum Gasteiger partial charge on any atom is 0.155 e. The van der Waals surface area contributed by atoms with E-state index in [-0.39, 0.29) is 0 Å². The third-order valence-corrected chi connectivity index (χ3v) is 3.26. The van der Waals surface area contributed by atoms with E-state index in [2.05, 4.69) is 6.92 Å². The fourth-order valence-corrected chi connectivity index (χ4v) is 2.62. The molecular weight excluding hydrogens is 148 g/mol. The molecule has 0 aromatic heterocycles. The third kappa shape index (κ3) is 1.33. The van der Waals surface area contributed by atoms with Crippen molar-refractivity contribution in [2.45, 2.75) is 39.0 Å². The first-order chi connectivity index (χ1) is 5.77. The van der Waals surface area contributed by atoms with Gasteiger partial charge in [-0.1, -0.05) is 18.9 Å². The van der Waals surface area contributed by atoms with E-state index < -0.39 is 0 Å². The normalized spacial score (nSPS) is 35.8. The molecule has 1 nitrogen and oxygen atoms in total. The molecule has 0 saturated heterocycles. The lowest BCUT2D eigenvalue weighted by atomic mass is 9.72. The monoisotopic (exact) mass is 164 g/mol. The average Bonchev–Trinajstić information content (AvgIpc) is 2.04. The second kappa shape index (κ2) is 3.04. The Kier molecular flexibility index (Phi) is 2.03. The van der Waals surface area contributed by atoms with Crippen LogP contribution in [0.3, 0.4) is 0 Å². The lowest BCUT2D eigenvalue weighted by Crippen LogP contribution is -2.25. The highest BCUT2D eigenvalue weighted by atomic mass is 16.1. The van der Waals surface area contributed by atoms with Crippen molar-refractivity contribution in [3.05, 3.63) is 11.6 Å². The molecule has 0 bridgehead atoms. The number of hydrogen-bond acceptors (Lipinski definition) is 1. The number of carbonyl (C=O) groups is 1. The molecular formula is C11H16O. The Hall–Kier alpha value is -0.590. The van der Waals surface area contributed by atoms with Crippen molar-refractivity contribution >= 4 is 5.78 Å². The molecule has 2 atom stereocenters. The van der Waals surface area contributed by atoms with Crippen molar-refractivity contribution in [2.24, 2.45) is 11.8 Å². The second-order valence-corrected chi connectivity index (χ2v) is 4.22. The molecule has 0 aromatic rings. The van der Waals surface area contributed by atoms with Gasteiger partial charge in [-0.25, -0.2) is 0 Å². The van der Waals surface area contributed by atoms with Crippen LogP contribution in [0.15, 0.2) is 11.6 Å². The molecule has 2 aliphatic rings. The molecule has 0 N–H and O–H groups in total. The average molecular weight is 164 g/mol. The van der Waals surface area contributed by atoms with Gasteiger partial charge >= 0.3 is 0 Å². The Morgan fingerprint density at radius 2 is 2.25 bits per heavy atom. The fraction of sp³-hybridized carbons (Fsp3) is 0.727. The molecule has 0 aromatic carbocycles. The highest BCUT2D eigenvalue weighted by molar-refractivity contribution is 5.91. The molecule has 2 rings (SSSR count). The smallest absolute Gasteiger partial charge is 0.155 e. The minimum atomic E-state index is 0.357. The molecule has 12 heavy (non-hydrogen) atoms. The van der Waals surface area contributed by atoms with E-state index in [1.54, 1.807) is 0 Å². The predicted octanol–water partition coefficient (Wildman–Crippen LogP) is 2.71. The summed E-state index contributed by atoms with van der Waals surface area (Å²) in [5.41, 5.74) is 1.45. The van der Waals surface area contributed by atoms with Crippen LogP contribution in [0.1, 0.15) is 39.0 Å². The first kappa shape index (κ1) is 8.03. The van der Waals surface area contributed by atoms with Gasteiger partial charge in [0.15, 0.2) is 5.78 Å². The summed E-state index contributed by atoms with van der Waals surface area (Å²) < 4.78 is 0. The van der Waals surface area contributed by atoms with E-state index in [1.165, 1.54) is 31.3 Å². The standard InChI is InChI=1S/C11H16O/c1-8-6-10(12)7-9-4-2-3-5-11(8)9/h7-8,11H,2-6H2,1H3/t8-,11+/m1/s1. The van der Waals surface area contributed by atoms with Crippen molar-refractivity contribution in [3.63, 3.8) is 0 Å². The summed E-state index contributed by atoms with van der Waals surface area (Å²) in [6.45, 7) is 2.22. The zero-order chi connectivity index (χ0) is 8.55. The van der Waals surface area contributed by atoms with E-state index in [1.807, 2.05) is 6.08 Å². The van der Waals surface area contributed by atoms with Crippen LogP contribution in [-0.4, -0.2) is 5.78 Å². The van der Waals surface area contributed by atoms with Crippen molar-refractivity contribution in [1.29, 1.82) is 0 Å². The zero-order valence-electron chi connectivity index (χ0n) is 7.68. The maximum atomic E-state index is 11.3. The van der Waals surface area contributed by atoms with Gasteiger partial charge in [0.05, 0.1) is 0 Å². The second-order valence-electron chi connectivity index (χ2n) is 4.22. The summed E-state index contributed by atoms with van der Waals surface area (Å²) in [4.78, 5) is 11.3. The van der Waals surface area contributed by atoms with Crippen molar-refractivity contribution < 1.29 is 4.79 Å². The molecule has 0 spiro atoms. The van der Waals surface area contributed by atoms with Gasteiger partial charge in [0.1, 0.15) is 0 Å². The molecule has 0 heterocycles. The van der Waals surface area contributed by atoms with Crippen LogP contribution in [0.25, 0.3) is 0 Å². The minimum absolute atomic E-state index is 0.357. The summed E-state index contributed by atoms with van der Waals surface area (Å²) in [5.74, 6) is 1.71. The minimum Gasteiger partial charge on any atom is -0.295 e. The highest BCUT2D eigenvalue weighted by Crippen LogP contribution is 2.38. The van der Waals surface area contributed by atoms with Crippen molar-refractivity contribution in [2.75, 3.05) is 0 Å². The Morgan fingerprint density at radius 3 is 3.08 bits per heavy atom. The van der Waals surface area contributed by atoms with Gasteiger partial charge in [-0.2, -0.15) is 0 Å². The number of carbonyl (C=O) groups excluding carboxylic acids is 1. The molecule has 1 fully saturated rings. The van der Waals surface area contributed by atoms with Gasteiger partial charge in [-0.05, 0) is 37.2 Å². The number of allylic oxidation sites excluding steroid dienone is 2. The van der Waals surface area contributed by atoms with E-state index in [0.29, 0.717) is 11.7 Å². The number of hydrogen-bond donors (Lipinski definition) is 0. The molecule has 0 amide bonds. The Morgan fingerprint density at radius 1 is 1.42 bits per heavy atom. The van der Waals surface area contributed by atoms with Gasteiger partial charge < -0.3 is 0 Å². The van der Waals surface area contributed by atoms with Crippen LogP contribution in [-0.2, 0) is 4.79 Å². The quantitative estimate of drug-likeness (QED) is 0.538. The van der Waals surface area contributed by atoms with E-state index in [4.69, 9.17) is 0 Å². The molecule has 2 aliphatic carbocycles. The van der Waals surface area contributed by atoms with Crippen LogP contribution in [0.2, 0.25) is 0 Å². The van der Waals surface area contributed by atoms with E-state index in [9.17, 15) is 4.79 Å². The summed E-state index contributed by atoms with van der Waals surface area (Å²) >= 11 is 0. The summed E-state index contributed by atoms with van der Waals surface area (Å²) in [5, 5.41) is 0. The lowest BCUT2D eigenvalue weighted by molar-refractivity contribution is -0.116.